The molecule has 2 N–H and O–H groups in total. The van der Waals surface area contributed by atoms with Gasteiger partial charge < -0.3 is 15.0 Å². The SMILES string of the molecule is CC.CC.CC.Cc1cncnc1Oc1ccc(Nc2nc3ccccc3[nH]2)cc1. The fourth-order valence-electron chi connectivity index (χ4n) is 2.36. The number of aryl methyl sites for hydroxylation is 1. The van der Waals surface area contributed by atoms with Gasteiger partial charge in [0.15, 0.2) is 0 Å². The van der Waals surface area contributed by atoms with Gasteiger partial charge in [-0.15, -0.1) is 0 Å². The number of anilines is 2. The van der Waals surface area contributed by atoms with Crippen LogP contribution in [0.2, 0.25) is 0 Å². The first-order valence-electron chi connectivity index (χ1n) is 10.5. The second kappa shape index (κ2) is 13.7. The van der Waals surface area contributed by atoms with Gasteiger partial charge in [-0.3, -0.25) is 0 Å². The van der Waals surface area contributed by atoms with Gasteiger partial charge in [-0.25, -0.2) is 15.0 Å². The molecular weight excluding hydrogens is 374 g/mol. The van der Waals surface area contributed by atoms with Crippen molar-refractivity contribution in [2.75, 3.05) is 5.32 Å². The number of rotatable bonds is 4. The minimum atomic E-state index is 0.558. The first-order valence-corrected chi connectivity index (χ1v) is 10.5. The van der Waals surface area contributed by atoms with E-state index in [2.05, 4.69) is 25.3 Å². The summed E-state index contributed by atoms with van der Waals surface area (Å²) >= 11 is 0. The summed E-state index contributed by atoms with van der Waals surface area (Å²) in [6, 6.07) is 15.5. The lowest BCUT2D eigenvalue weighted by atomic mass is 10.3. The average molecular weight is 408 g/mol. The van der Waals surface area contributed by atoms with Crippen LogP contribution in [0.1, 0.15) is 47.1 Å². The van der Waals surface area contributed by atoms with Crippen molar-refractivity contribution in [3.63, 3.8) is 0 Å². The molecule has 0 atom stereocenters. The van der Waals surface area contributed by atoms with Crippen LogP contribution in [0.25, 0.3) is 11.0 Å². The number of nitrogens with one attached hydrogen (secondary N) is 2. The first-order chi connectivity index (χ1) is 14.8. The topological polar surface area (TPSA) is 75.7 Å². The summed E-state index contributed by atoms with van der Waals surface area (Å²) in [4.78, 5) is 15.8. The van der Waals surface area contributed by atoms with Crippen LogP contribution >= 0.6 is 0 Å². The van der Waals surface area contributed by atoms with Gasteiger partial charge in [0.05, 0.1) is 11.0 Å². The number of imidazole rings is 1. The monoisotopic (exact) mass is 407 g/mol. The molecule has 4 aromatic rings. The quantitative estimate of drug-likeness (QED) is 0.372. The highest BCUT2D eigenvalue weighted by Gasteiger charge is 2.04. The number of nitrogens with zero attached hydrogens (tertiary/aromatic N) is 3. The van der Waals surface area contributed by atoms with Crippen molar-refractivity contribution in [3.05, 3.63) is 66.6 Å². The van der Waals surface area contributed by atoms with E-state index in [9.17, 15) is 0 Å². The lowest BCUT2D eigenvalue weighted by molar-refractivity contribution is 0.457. The first kappa shape index (κ1) is 24.6. The molecule has 0 saturated carbocycles. The van der Waals surface area contributed by atoms with Gasteiger partial charge in [0.2, 0.25) is 11.8 Å². The van der Waals surface area contributed by atoms with E-state index < -0.39 is 0 Å². The van der Waals surface area contributed by atoms with Crippen molar-refractivity contribution in [1.82, 2.24) is 19.9 Å². The standard InChI is InChI=1S/C18H15N5O.3C2H6/c1-12-10-19-11-20-17(12)24-14-8-6-13(7-9-14)21-18-22-15-4-2-3-5-16(15)23-18;3*1-2/h2-11H,1H3,(H2,21,22,23);3*1-2H3. The normalized spacial score (nSPS) is 9.17. The Morgan fingerprint density at radius 3 is 2.17 bits per heavy atom. The summed E-state index contributed by atoms with van der Waals surface area (Å²) in [6.07, 6.45) is 3.19. The third-order valence-corrected chi connectivity index (χ3v) is 3.57. The highest BCUT2D eigenvalue weighted by Crippen LogP contribution is 2.24. The molecule has 0 radical (unpaired) electrons. The van der Waals surface area contributed by atoms with Crippen LogP contribution in [0, 0.1) is 6.92 Å². The average Bonchev–Trinajstić information content (AvgIpc) is 3.23. The van der Waals surface area contributed by atoms with Crippen molar-refractivity contribution in [2.45, 2.75) is 48.5 Å². The maximum atomic E-state index is 5.76. The molecule has 4 rings (SSSR count). The van der Waals surface area contributed by atoms with Crippen LogP contribution in [0.15, 0.2) is 61.1 Å². The van der Waals surface area contributed by atoms with Crippen molar-refractivity contribution < 1.29 is 4.74 Å². The highest BCUT2D eigenvalue weighted by atomic mass is 16.5. The number of aromatic amines is 1. The van der Waals surface area contributed by atoms with Gasteiger partial charge in [0.25, 0.3) is 0 Å². The van der Waals surface area contributed by atoms with E-state index in [1.165, 1.54) is 6.33 Å². The van der Waals surface area contributed by atoms with E-state index in [1.54, 1.807) is 6.20 Å². The number of para-hydroxylation sites is 2. The largest absolute Gasteiger partial charge is 0.439 e. The van der Waals surface area contributed by atoms with E-state index in [0.29, 0.717) is 17.6 Å². The Kier molecular flexibility index (Phi) is 11.3. The smallest absolute Gasteiger partial charge is 0.225 e. The zero-order chi connectivity index (χ0) is 22.4. The molecule has 0 fully saturated rings. The van der Waals surface area contributed by atoms with Gasteiger partial charge in [-0.2, -0.15) is 0 Å². The summed E-state index contributed by atoms with van der Waals surface area (Å²) in [7, 11) is 0. The fraction of sp³-hybridized carbons (Fsp3) is 0.292. The molecule has 160 valence electrons. The van der Waals surface area contributed by atoms with Crippen LogP contribution in [0.5, 0.6) is 11.6 Å². The number of hydrogen-bond donors (Lipinski definition) is 2. The number of hydrogen-bond acceptors (Lipinski definition) is 5. The Hall–Kier alpha value is -3.41. The predicted octanol–water partition coefficient (Wildman–Crippen LogP) is 7.28. The molecular formula is C24H33N5O. The van der Waals surface area contributed by atoms with E-state index >= 15 is 0 Å². The van der Waals surface area contributed by atoms with Crippen LogP contribution in [-0.2, 0) is 0 Å². The van der Waals surface area contributed by atoms with Crippen molar-refractivity contribution in [3.8, 4) is 11.6 Å². The Morgan fingerprint density at radius 2 is 1.53 bits per heavy atom. The summed E-state index contributed by atoms with van der Waals surface area (Å²) in [5.41, 5.74) is 3.74. The molecule has 0 aliphatic heterocycles. The minimum Gasteiger partial charge on any atom is -0.439 e. The van der Waals surface area contributed by atoms with Crippen molar-refractivity contribution in [2.24, 2.45) is 0 Å². The third kappa shape index (κ3) is 6.88. The fourth-order valence-corrected chi connectivity index (χ4v) is 2.36. The van der Waals surface area contributed by atoms with Gasteiger partial charge in [-0.05, 0) is 43.3 Å². The van der Waals surface area contributed by atoms with Gasteiger partial charge >= 0.3 is 0 Å². The second-order valence-electron chi connectivity index (χ2n) is 5.36. The number of fused-ring (bicyclic) bond motifs is 1. The van der Waals surface area contributed by atoms with Crippen LogP contribution in [-0.4, -0.2) is 19.9 Å². The molecule has 0 aliphatic carbocycles. The summed E-state index contributed by atoms with van der Waals surface area (Å²) in [5, 5.41) is 3.25. The molecule has 6 heteroatoms. The molecule has 0 aliphatic rings. The van der Waals surface area contributed by atoms with E-state index in [0.717, 1.165) is 22.3 Å². The number of H-pyrrole nitrogens is 1. The third-order valence-electron chi connectivity index (χ3n) is 3.57. The number of aromatic nitrogens is 4. The molecule has 2 aromatic carbocycles. The van der Waals surface area contributed by atoms with Crippen LogP contribution < -0.4 is 10.1 Å². The Balaban J connectivity index is 0.000000691. The van der Waals surface area contributed by atoms with E-state index in [1.807, 2.05) is 97.0 Å². The van der Waals surface area contributed by atoms with E-state index in [-0.39, 0.29) is 0 Å². The molecule has 0 saturated heterocycles. The summed E-state index contributed by atoms with van der Waals surface area (Å²) in [6.45, 7) is 13.9. The molecule has 0 bridgehead atoms. The lowest BCUT2D eigenvalue weighted by Crippen LogP contribution is -1.94. The zero-order valence-electron chi connectivity index (χ0n) is 19.0. The van der Waals surface area contributed by atoms with Crippen LogP contribution in [0.3, 0.4) is 0 Å². The zero-order valence-corrected chi connectivity index (χ0v) is 19.0. The van der Waals surface area contributed by atoms with Crippen LogP contribution in [0.4, 0.5) is 11.6 Å². The molecule has 0 spiro atoms. The summed E-state index contributed by atoms with van der Waals surface area (Å²) in [5.74, 6) is 1.98. The molecule has 2 heterocycles. The van der Waals surface area contributed by atoms with Gasteiger partial charge in [-0.1, -0.05) is 53.7 Å². The molecule has 2 aromatic heterocycles. The Labute approximate surface area is 179 Å². The molecule has 0 amide bonds. The Morgan fingerprint density at radius 1 is 0.867 bits per heavy atom. The lowest BCUT2D eigenvalue weighted by Gasteiger charge is -2.08. The molecule has 6 nitrogen and oxygen atoms in total. The number of benzene rings is 2. The highest BCUT2D eigenvalue weighted by molar-refractivity contribution is 5.78. The number of ether oxygens (including phenoxy) is 1. The minimum absolute atomic E-state index is 0.558. The predicted molar refractivity (Wildman–Crippen MR) is 127 cm³/mol. The second-order valence-corrected chi connectivity index (χ2v) is 5.36. The maximum absolute atomic E-state index is 5.76. The Bertz CT molecular complexity index is 947. The molecule has 0 unspecified atom stereocenters. The van der Waals surface area contributed by atoms with Crippen molar-refractivity contribution in [1.29, 1.82) is 0 Å². The van der Waals surface area contributed by atoms with Gasteiger partial charge in [0, 0.05) is 17.4 Å². The molecule has 30 heavy (non-hydrogen) atoms. The van der Waals surface area contributed by atoms with Crippen molar-refractivity contribution >= 4 is 22.7 Å². The van der Waals surface area contributed by atoms with E-state index in [4.69, 9.17) is 4.74 Å². The maximum Gasteiger partial charge on any atom is 0.225 e. The summed E-state index contributed by atoms with van der Waals surface area (Å²) < 4.78 is 5.76. The van der Waals surface area contributed by atoms with Gasteiger partial charge in [0.1, 0.15) is 12.1 Å².